The summed E-state index contributed by atoms with van der Waals surface area (Å²) in [5.74, 6) is 0.915. The largest absolute Gasteiger partial charge is 0.478 e. The van der Waals surface area contributed by atoms with Gasteiger partial charge in [-0.1, -0.05) is 6.07 Å². The summed E-state index contributed by atoms with van der Waals surface area (Å²) in [6.07, 6.45) is 1.89. The number of aromatic nitrogens is 2. The highest BCUT2D eigenvalue weighted by atomic mass is 79.9. The molecule has 2 aromatic rings. The van der Waals surface area contributed by atoms with Crippen LogP contribution < -0.4 is 9.64 Å². The molecule has 7 heteroatoms. The fraction of sp³-hybridized carbons (Fsp3) is 0.529. The minimum atomic E-state index is -0.560. The molecule has 0 spiro atoms. The van der Waals surface area contributed by atoms with E-state index in [1.165, 1.54) is 0 Å². The van der Waals surface area contributed by atoms with Crippen molar-refractivity contribution in [1.29, 1.82) is 0 Å². The molecule has 1 fully saturated rings. The summed E-state index contributed by atoms with van der Waals surface area (Å²) in [5.41, 5.74) is 0.892. The molecular formula is C17H22BrN3O3. The van der Waals surface area contributed by atoms with Crippen molar-refractivity contribution in [2.75, 3.05) is 18.6 Å². The number of ether oxygens (including phenoxy) is 2. The molecular weight excluding hydrogens is 374 g/mol. The average molecular weight is 396 g/mol. The molecule has 0 radical (unpaired) electrons. The van der Waals surface area contributed by atoms with Gasteiger partial charge in [0, 0.05) is 6.54 Å². The number of nitrogens with zero attached hydrogens (tertiary/aromatic N) is 3. The standard InChI is InChI=1S/C17H22BrN3O3/c1-17(2,3)24-16(22)20(10-11-8-9-11)14-12-6-5-7-13(18)21(12)19-15(14)23-4/h5-7,11H,8-10H2,1-4H3. The molecule has 0 N–H and O–H groups in total. The number of anilines is 1. The van der Waals surface area contributed by atoms with Crippen LogP contribution in [0.25, 0.3) is 5.52 Å². The zero-order valence-corrected chi connectivity index (χ0v) is 16.0. The van der Waals surface area contributed by atoms with Crippen molar-refractivity contribution >= 4 is 33.2 Å². The lowest BCUT2D eigenvalue weighted by Crippen LogP contribution is -2.38. The maximum absolute atomic E-state index is 12.8. The van der Waals surface area contributed by atoms with Gasteiger partial charge in [0.1, 0.15) is 15.9 Å². The molecule has 0 atom stereocenters. The predicted octanol–water partition coefficient (Wildman–Crippen LogP) is 4.26. The van der Waals surface area contributed by atoms with E-state index in [9.17, 15) is 4.79 Å². The zero-order chi connectivity index (χ0) is 17.5. The molecule has 2 heterocycles. The van der Waals surface area contributed by atoms with E-state index in [0.29, 0.717) is 24.0 Å². The van der Waals surface area contributed by atoms with Crippen molar-refractivity contribution in [2.24, 2.45) is 5.92 Å². The molecule has 0 saturated heterocycles. The number of fused-ring (bicyclic) bond motifs is 1. The molecule has 0 aliphatic heterocycles. The molecule has 1 aliphatic rings. The third kappa shape index (κ3) is 3.50. The highest BCUT2D eigenvalue weighted by molar-refractivity contribution is 9.10. The van der Waals surface area contributed by atoms with Crippen LogP contribution in [0.5, 0.6) is 5.88 Å². The van der Waals surface area contributed by atoms with Gasteiger partial charge in [-0.25, -0.2) is 9.31 Å². The van der Waals surface area contributed by atoms with Crippen molar-refractivity contribution in [1.82, 2.24) is 9.61 Å². The maximum atomic E-state index is 12.8. The number of carbonyl (C=O) groups excluding carboxylic acids is 1. The summed E-state index contributed by atoms with van der Waals surface area (Å²) in [7, 11) is 1.56. The lowest BCUT2D eigenvalue weighted by Gasteiger charge is -2.27. The number of hydrogen-bond acceptors (Lipinski definition) is 4. The average Bonchev–Trinajstić information content (AvgIpc) is 3.22. The van der Waals surface area contributed by atoms with Gasteiger partial charge in [-0.3, -0.25) is 4.90 Å². The van der Waals surface area contributed by atoms with Gasteiger partial charge in [0.2, 0.25) is 0 Å². The maximum Gasteiger partial charge on any atom is 0.415 e. The first kappa shape index (κ1) is 17.1. The summed E-state index contributed by atoms with van der Waals surface area (Å²) in [6, 6.07) is 5.72. The second-order valence-corrected chi connectivity index (χ2v) is 7.85. The molecule has 6 nitrogen and oxygen atoms in total. The van der Waals surface area contributed by atoms with Crippen LogP contribution in [0.3, 0.4) is 0 Å². The SMILES string of the molecule is COc1nn2c(Br)cccc2c1N(CC1CC1)C(=O)OC(C)(C)C. The van der Waals surface area contributed by atoms with Crippen molar-refractivity contribution in [2.45, 2.75) is 39.2 Å². The summed E-state index contributed by atoms with van der Waals surface area (Å²) in [6.45, 7) is 6.21. The number of carbonyl (C=O) groups is 1. The third-order valence-electron chi connectivity index (χ3n) is 3.77. The second kappa shape index (κ2) is 6.27. The van der Waals surface area contributed by atoms with Gasteiger partial charge < -0.3 is 9.47 Å². The number of halogens is 1. The Morgan fingerprint density at radius 1 is 1.42 bits per heavy atom. The topological polar surface area (TPSA) is 56.1 Å². The van der Waals surface area contributed by atoms with E-state index in [0.717, 1.165) is 23.0 Å². The van der Waals surface area contributed by atoms with E-state index in [-0.39, 0.29) is 6.09 Å². The lowest BCUT2D eigenvalue weighted by atomic mass is 10.2. The van der Waals surface area contributed by atoms with Gasteiger partial charge >= 0.3 is 6.09 Å². The highest BCUT2D eigenvalue weighted by Gasteiger charge is 2.34. The number of pyridine rings is 1. The Labute approximate surface area is 149 Å². The van der Waals surface area contributed by atoms with Gasteiger partial charge in [-0.15, -0.1) is 5.10 Å². The first-order valence-corrected chi connectivity index (χ1v) is 8.81. The highest BCUT2D eigenvalue weighted by Crippen LogP contribution is 2.38. The van der Waals surface area contributed by atoms with Crippen LogP contribution in [0, 0.1) is 5.92 Å². The number of amides is 1. The van der Waals surface area contributed by atoms with Crippen LogP contribution in [-0.4, -0.2) is 35.0 Å². The first-order valence-electron chi connectivity index (χ1n) is 8.02. The Kier molecular flexibility index (Phi) is 4.46. The van der Waals surface area contributed by atoms with E-state index >= 15 is 0 Å². The molecule has 1 amide bonds. The molecule has 0 bridgehead atoms. The summed E-state index contributed by atoms with van der Waals surface area (Å²) < 4.78 is 13.6. The Bertz CT molecular complexity index is 762. The normalized spacial score (nSPS) is 14.7. The van der Waals surface area contributed by atoms with Crippen molar-refractivity contribution in [3.63, 3.8) is 0 Å². The molecule has 24 heavy (non-hydrogen) atoms. The Balaban J connectivity index is 2.08. The Morgan fingerprint density at radius 2 is 2.12 bits per heavy atom. The Morgan fingerprint density at radius 3 is 2.71 bits per heavy atom. The van der Waals surface area contributed by atoms with Crippen LogP contribution in [0.1, 0.15) is 33.6 Å². The second-order valence-electron chi connectivity index (χ2n) is 7.04. The van der Waals surface area contributed by atoms with E-state index in [4.69, 9.17) is 9.47 Å². The third-order valence-corrected chi connectivity index (χ3v) is 4.37. The smallest absolute Gasteiger partial charge is 0.415 e. The quantitative estimate of drug-likeness (QED) is 0.725. The van der Waals surface area contributed by atoms with Gasteiger partial charge in [-0.2, -0.15) is 0 Å². The monoisotopic (exact) mass is 395 g/mol. The summed E-state index contributed by atoms with van der Waals surface area (Å²) in [5, 5.41) is 4.46. The van der Waals surface area contributed by atoms with Crippen LogP contribution in [0.2, 0.25) is 0 Å². The molecule has 1 aliphatic carbocycles. The van der Waals surface area contributed by atoms with Crippen molar-refractivity contribution < 1.29 is 14.3 Å². The van der Waals surface area contributed by atoms with E-state index in [1.54, 1.807) is 16.5 Å². The van der Waals surface area contributed by atoms with Crippen LogP contribution in [-0.2, 0) is 4.74 Å². The predicted molar refractivity (Wildman–Crippen MR) is 95.7 cm³/mol. The van der Waals surface area contributed by atoms with Crippen LogP contribution >= 0.6 is 15.9 Å². The van der Waals surface area contributed by atoms with E-state index in [1.807, 2.05) is 39.0 Å². The number of methoxy groups -OCH3 is 1. The van der Waals surface area contributed by atoms with E-state index < -0.39 is 5.60 Å². The summed E-state index contributed by atoms with van der Waals surface area (Å²) >= 11 is 3.48. The molecule has 2 aromatic heterocycles. The van der Waals surface area contributed by atoms with E-state index in [2.05, 4.69) is 21.0 Å². The minimum absolute atomic E-state index is 0.373. The lowest BCUT2D eigenvalue weighted by molar-refractivity contribution is 0.0578. The molecule has 130 valence electrons. The fourth-order valence-electron chi connectivity index (χ4n) is 2.53. The fourth-order valence-corrected chi connectivity index (χ4v) is 2.95. The van der Waals surface area contributed by atoms with Gasteiger partial charge in [0.25, 0.3) is 5.88 Å². The van der Waals surface area contributed by atoms with Crippen LogP contribution in [0.15, 0.2) is 22.8 Å². The van der Waals surface area contributed by atoms with Gasteiger partial charge in [0.15, 0.2) is 0 Å². The van der Waals surface area contributed by atoms with Gasteiger partial charge in [-0.05, 0) is 67.6 Å². The number of rotatable bonds is 4. The molecule has 3 rings (SSSR count). The number of hydrogen-bond donors (Lipinski definition) is 0. The van der Waals surface area contributed by atoms with Crippen LogP contribution in [0.4, 0.5) is 10.5 Å². The summed E-state index contributed by atoms with van der Waals surface area (Å²) in [4.78, 5) is 14.5. The minimum Gasteiger partial charge on any atom is -0.478 e. The molecule has 1 saturated carbocycles. The Hall–Kier alpha value is -1.76. The van der Waals surface area contributed by atoms with Crippen molar-refractivity contribution in [3.05, 3.63) is 22.8 Å². The molecule has 0 aromatic carbocycles. The van der Waals surface area contributed by atoms with Crippen molar-refractivity contribution in [3.8, 4) is 5.88 Å². The zero-order valence-electron chi connectivity index (χ0n) is 14.4. The van der Waals surface area contributed by atoms with Gasteiger partial charge in [0.05, 0.1) is 12.6 Å². The first-order chi connectivity index (χ1) is 11.3. The molecule has 0 unspecified atom stereocenters.